The lowest BCUT2D eigenvalue weighted by molar-refractivity contribution is -0.384. The summed E-state index contributed by atoms with van der Waals surface area (Å²) in [6.45, 7) is 3.90. The van der Waals surface area contributed by atoms with E-state index in [4.69, 9.17) is 9.47 Å². The van der Waals surface area contributed by atoms with Gasteiger partial charge in [-0.3, -0.25) is 15.0 Å². The van der Waals surface area contributed by atoms with E-state index >= 15 is 0 Å². The fourth-order valence-corrected chi connectivity index (χ4v) is 5.20. The van der Waals surface area contributed by atoms with E-state index in [0.29, 0.717) is 49.8 Å². The molecular weight excluding hydrogens is 564 g/mol. The second kappa shape index (κ2) is 15.7. The Kier molecular flexibility index (Phi) is 10.9. The van der Waals surface area contributed by atoms with E-state index in [1.807, 2.05) is 97.1 Å². The highest BCUT2D eigenvalue weighted by atomic mass is 16.6. The lowest BCUT2D eigenvalue weighted by atomic mass is 10.0. The molecule has 45 heavy (non-hydrogen) atoms. The summed E-state index contributed by atoms with van der Waals surface area (Å²) in [5.41, 5.74) is 4.99. The van der Waals surface area contributed by atoms with Crippen molar-refractivity contribution in [1.29, 1.82) is 0 Å². The average Bonchev–Trinajstić information content (AvgIpc) is 3.07. The van der Waals surface area contributed by atoms with Crippen LogP contribution >= 0.6 is 0 Å². The number of nitro benzene ring substituents is 1. The molecule has 0 radical (unpaired) electrons. The average molecular weight is 603 g/mol. The van der Waals surface area contributed by atoms with Gasteiger partial charge in [0.1, 0.15) is 24.7 Å². The Hall–Kier alpha value is -4.98. The molecule has 7 nitrogen and oxygen atoms in total. The number of aliphatic hydroxyl groups excluding tert-OH is 1. The van der Waals surface area contributed by atoms with Crippen molar-refractivity contribution in [3.63, 3.8) is 0 Å². The summed E-state index contributed by atoms with van der Waals surface area (Å²) in [7, 11) is 0. The molecule has 1 N–H and O–H groups in total. The van der Waals surface area contributed by atoms with E-state index in [1.165, 1.54) is 12.1 Å². The maximum absolute atomic E-state index is 11.7. The standard InChI is InChI=1S/C38H38N2O5/c1-29(21-30-17-19-35(20-18-30)40(42)43)39(25-31-11-5-2-6-12-31)26-38(41)34-22-36(44-27-32-13-7-3-8-14-32)24-37(23-34)45-28-33-15-9-4-10-16-33/h2-20,22-24,29,38,41H,21,25-28H2,1H3/t29-,38+/m0/s1. The molecule has 5 aromatic rings. The Balaban J connectivity index is 1.36. The summed E-state index contributed by atoms with van der Waals surface area (Å²) in [6.07, 6.45) is -0.157. The van der Waals surface area contributed by atoms with Gasteiger partial charge in [-0.2, -0.15) is 0 Å². The summed E-state index contributed by atoms with van der Waals surface area (Å²) in [4.78, 5) is 13.0. The molecule has 0 fully saturated rings. The first-order valence-corrected chi connectivity index (χ1v) is 15.1. The largest absolute Gasteiger partial charge is 0.489 e. The predicted molar refractivity (Wildman–Crippen MR) is 176 cm³/mol. The SMILES string of the molecule is C[C@@H](Cc1ccc([N+](=O)[O-])cc1)N(Cc1ccccc1)C[C@@H](O)c1cc(OCc2ccccc2)cc(OCc2ccccc2)c1. The fraction of sp³-hybridized carbons (Fsp3) is 0.211. The van der Waals surface area contributed by atoms with Crippen LogP contribution in [0.1, 0.15) is 40.8 Å². The number of nitro groups is 1. The van der Waals surface area contributed by atoms with Crippen LogP contribution in [0, 0.1) is 10.1 Å². The first kappa shape index (κ1) is 31.4. The van der Waals surface area contributed by atoms with Crippen molar-refractivity contribution < 1.29 is 19.5 Å². The molecule has 0 aliphatic heterocycles. The molecule has 0 amide bonds. The monoisotopic (exact) mass is 602 g/mol. The normalized spacial score (nSPS) is 12.4. The van der Waals surface area contributed by atoms with Crippen molar-refractivity contribution >= 4 is 5.69 Å². The highest BCUT2D eigenvalue weighted by molar-refractivity contribution is 5.40. The van der Waals surface area contributed by atoms with Gasteiger partial charge >= 0.3 is 0 Å². The van der Waals surface area contributed by atoms with Crippen LogP contribution in [0.3, 0.4) is 0 Å². The van der Waals surface area contributed by atoms with Gasteiger partial charge < -0.3 is 14.6 Å². The van der Waals surface area contributed by atoms with Crippen LogP contribution in [0.25, 0.3) is 0 Å². The van der Waals surface area contributed by atoms with E-state index in [0.717, 1.165) is 22.3 Å². The van der Waals surface area contributed by atoms with Gasteiger partial charge in [-0.05, 0) is 53.3 Å². The molecule has 2 atom stereocenters. The highest BCUT2D eigenvalue weighted by Gasteiger charge is 2.21. The number of ether oxygens (including phenoxy) is 2. The molecule has 5 rings (SSSR count). The Labute approximate surface area is 264 Å². The number of nitrogens with zero attached hydrogens (tertiary/aromatic N) is 2. The van der Waals surface area contributed by atoms with E-state index in [9.17, 15) is 15.2 Å². The van der Waals surface area contributed by atoms with E-state index in [-0.39, 0.29) is 16.7 Å². The van der Waals surface area contributed by atoms with Crippen LogP contribution in [0.2, 0.25) is 0 Å². The molecule has 0 saturated heterocycles. The van der Waals surface area contributed by atoms with Crippen LogP contribution in [-0.4, -0.2) is 27.5 Å². The van der Waals surface area contributed by atoms with Crippen molar-refractivity contribution in [2.24, 2.45) is 0 Å². The zero-order chi connectivity index (χ0) is 31.4. The minimum Gasteiger partial charge on any atom is -0.489 e. The lowest BCUT2D eigenvalue weighted by Gasteiger charge is -2.31. The zero-order valence-corrected chi connectivity index (χ0v) is 25.4. The van der Waals surface area contributed by atoms with Crippen LogP contribution < -0.4 is 9.47 Å². The maximum Gasteiger partial charge on any atom is 0.269 e. The van der Waals surface area contributed by atoms with Crippen LogP contribution in [0.15, 0.2) is 133 Å². The van der Waals surface area contributed by atoms with Crippen molar-refractivity contribution in [1.82, 2.24) is 4.90 Å². The lowest BCUT2D eigenvalue weighted by Crippen LogP contribution is -2.37. The summed E-state index contributed by atoms with van der Waals surface area (Å²) in [5.74, 6) is 1.24. The van der Waals surface area contributed by atoms with E-state index < -0.39 is 6.10 Å². The molecule has 7 heteroatoms. The Morgan fingerprint density at radius 1 is 0.689 bits per heavy atom. The van der Waals surface area contributed by atoms with Gasteiger partial charge in [0, 0.05) is 37.3 Å². The van der Waals surface area contributed by atoms with Gasteiger partial charge in [-0.15, -0.1) is 0 Å². The Morgan fingerprint density at radius 3 is 1.67 bits per heavy atom. The number of non-ortho nitro benzene ring substituents is 1. The first-order valence-electron chi connectivity index (χ1n) is 15.1. The number of hydrogen-bond donors (Lipinski definition) is 1. The molecule has 0 spiro atoms. The van der Waals surface area contributed by atoms with Crippen LogP contribution in [0.4, 0.5) is 5.69 Å². The van der Waals surface area contributed by atoms with Crippen molar-refractivity contribution in [3.8, 4) is 11.5 Å². The summed E-state index contributed by atoms with van der Waals surface area (Å²) >= 11 is 0. The second-order valence-electron chi connectivity index (χ2n) is 11.2. The molecule has 0 saturated carbocycles. The quantitative estimate of drug-likeness (QED) is 0.0968. The minimum atomic E-state index is -0.827. The number of rotatable bonds is 15. The zero-order valence-electron chi connectivity index (χ0n) is 25.4. The van der Waals surface area contributed by atoms with Crippen LogP contribution in [-0.2, 0) is 26.2 Å². The topological polar surface area (TPSA) is 85.1 Å². The molecular formula is C38H38N2O5. The third-order valence-electron chi connectivity index (χ3n) is 7.72. The molecule has 0 unspecified atom stereocenters. The molecule has 0 heterocycles. The molecule has 0 aromatic heterocycles. The van der Waals surface area contributed by atoms with Gasteiger partial charge in [0.15, 0.2) is 0 Å². The summed E-state index contributed by atoms with van der Waals surface area (Å²) in [6, 6.07) is 42.4. The van der Waals surface area contributed by atoms with Gasteiger partial charge in [0.05, 0.1) is 11.0 Å². The Morgan fingerprint density at radius 2 is 1.18 bits per heavy atom. The first-order chi connectivity index (χ1) is 21.9. The molecule has 0 aliphatic rings. The molecule has 0 bridgehead atoms. The number of benzene rings is 5. The third kappa shape index (κ3) is 9.50. The van der Waals surface area contributed by atoms with Crippen molar-refractivity contribution in [3.05, 3.63) is 171 Å². The highest BCUT2D eigenvalue weighted by Crippen LogP contribution is 2.30. The smallest absolute Gasteiger partial charge is 0.269 e. The molecule has 5 aromatic carbocycles. The van der Waals surface area contributed by atoms with Crippen molar-refractivity contribution in [2.75, 3.05) is 6.54 Å². The van der Waals surface area contributed by atoms with E-state index in [1.54, 1.807) is 12.1 Å². The second-order valence-corrected chi connectivity index (χ2v) is 11.2. The van der Waals surface area contributed by atoms with Crippen LogP contribution in [0.5, 0.6) is 11.5 Å². The summed E-state index contributed by atoms with van der Waals surface area (Å²) < 4.78 is 12.4. The summed E-state index contributed by atoms with van der Waals surface area (Å²) in [5, 5.41) is 22.8. The third-order valence-corrected chi connectivity index (χ3v) is 7.72. The minimum absolute atomic E-state index is 0.0348. The van der Waals surface area contributed by atoms with Gasteiger partial charge in [-0.1, -0.05) is 103 Å². The molecule has 230 valence electrons. The number of aliphatic hydroxyl groups is 1. The van der Waals surface area contributed by atoms with Gasteiger partial charge in [0.2, 0.25) is 0 Å². The van der Waals surface area contributed by atoms with Gasteiger partial charge in [0.25, 0.3) is 5.69 Å². The molecule has 0 aliphatic carbocycles. The maximum atomic E-state index is 11.7. The predicted octanol–water partition coefficient (Wildman–Crippen LogP) is 7.92. The Bertz CT molecular complexity index is 1570. The van der Waals surface area contributed by atoms with E-state index in [2.05, 4.69) is 24.0 Å². The number of hydrogen-bond acceptors (Lipinski definition) is 6. The van der Waals surface area contributed by atoms with Crippen molar-refractivity contribution in [2.45, 2.75) is 45.2 Å². The fourth-order valence-electron chi connectivity index (χ4n) is 5.20. The van der Waals surface area contributed by atoms with Gasteiger partial charge in [-0.25, -0.2) is 0 Å².